The molecule has 1 rings (SSSR count). The van der Waals surface area contributed by atoms with Gasteiger partial charge >= 0.3 is 6.18 Å². The number of halogens is 5. The average Bonchev–Trinajstić information content (AvgIpc) is 2.03. The molecule has 0 spiro atoms. The van der Waals surface area contributed by atoms with Gasteiger partial charge in [-0.2, -0.15) is 13.2 Å². The standard InChI is InChI=1S/C8H11F5S/c1-14-6(8(11,12)13)2-4-7(9,10)5-3-6/h2-5H2,1H3. The highest BCUT2D eigenvalue weighted by atomic mass is 32.2. The van der Waals surface area contributed by atoms with Crippen LogP contribution in [0.3, 0.4) is 0 Å². The van der Waals surface area contributed by atoms with Crippen molar-refractivity contribution in [3.05, 3.63) is 0 Å². The molecule has 0 heterocycles. The number of rotatable bonds is 1. The first-order valence-electron chi connectivity index (χ1n) is 4.22. The molecule has 1 aliphatic rings. The number of thioether (sulfide) groups is 1. The number of hydrogen-bond acceptors (Lipinski definition) is 1. The van der Waals surface area contributed by atoms with E-state index in [-0.39, 0.29) is 0 Å². The van der Waals surface area contributed by atoms with Gasteiger partial charge in [-0.25, -0.2) is 8.78 Å². The number of alkyl halides is 5. The Bertz CT molecular complexity index is 200. The molecule has 0 bridgehead atoms. The second-order valence-corrected chi connectivity index (χ2v) is 4.74. The average molecular weight is 234 g/mol. The van der Waals surface area contributed by atoms with Gasteiger partial charge < -0.3 is 0 Å². The fourth-order valence-corrected chi connectivity index (χ4v) is 2.47. The third-order valence-electron chi connectivity index (χ3n) is 2.70. The van der Waals surface area contributed by atoms with Crippen molar-refractivity contribution >= 4 is 11.8 Å². The molecule has 0 N–H and O–H groups in total. The maximum absolute atomic E-state index is 12.7. The Morgan fingerprint density at radius 1 is 1.00 bits per heavy atom. The molecule has 0 aromatic carbocycles. The van der Waals surface area contributed by atoms with E-state index in [9.17, 15) is 22.0 Å². The van der Waals surface area contributed by atoms with E-state index in [1.165, 1.54) is 6.26 Å². The Labute approximate surface area is 83.2 Å². The maximum Gasteiger partial charge on any atom is 0.403 e. The smallest absolute Gasteiger partial charge is 0.207 e. The van der Waals surface area contributed by atoms with Crippen LogP contribution in [0, 0.1) is 0 Å². The molecule has 0 aliphatic heterocycles. The van der Waals surface area contributed by atoms with E-state index in [1.807, 2.05) is 0 Å². The highest BCUT2D eigenvalue weighted by Crippen LogP contribution is 2.52. The van der Waals surface area contributed by atoms with Crippen LogP contribution in [-0.4, -0.2) is 23.1 Å². The van der Waals surface area contributed by atoms with Crippen LogP contribution in [-0.2, 0) is 0 Å². The summed E-state index contributed by atoms with van der Waals surface area (Å²) in [6.45, 7) is 0. The second kappa shape index (κ2) is 3.54. The summed E-state index contributed by atoms with van der Waals surface area (Å²) in [4.78, 5) is 0. The van der Waals surface area contributed by atoms with Gasteiger partial charge in [-0.05, 0) is 19.1 Å². The quantitative estimate of drug-likeness (QED) is 0.621. The fraction of sp³-hybridized carbons (Fsp3) is 1.00. The number of hydrogen-bond donors (Lipinski definition) is 0. The van der Waals surface area contributed by atoms with Crippen molar-refractivity contribution in [2.45, 2.75) is 42.5 Å². The Morgan fingerprint density at radius 3 is 1.71 bits per heavy atom. The van der Waals surface area contributed by atoms with E-state index >= 15 is 0 Å². The predicted molar refractivity (Wildman–Crippen MR) is 45.7 cm³/mol. The molecule has 0 unspecified atom stereocenters. The molecule has 0 amide bonds. The summed E-state index contributed by atoms with van der Waals surface area (Å²) in [5.74, 6) is -2.91. The van der Waals surface area contributed by atoms with Gasteiger partial charge in [-0.1, -0.05) is 0 Å². The van der Waals surface area contributed by atoms with Crippen molar-refractivity contribution in [1.29, 1.82) is 0 Å². The lowest BCUT2D eigenvalue weighted by Crippen LogP contribution is -2.47. The third-order valence-corrected chi connectivity index (χ3v) is 4.12. The highest BCUT2D eigenvalue weighted by Gasteiger charge is 2.58. The first-order valence-corrected chi connectivity index (χ1v) is 5.45. The molecule has 84 valence electrons. The summed E-state index contributed by atoms with van der Waals surface area (Å²) in [6.07, 6.45) is -5.34. The predicted octanol–water partition coefficient (Wildman–Crippen LogP) is 3.86. The van der Waals surface area contributed by atoms with Gasteiger partial charge in [0.15, 0.2) is 0 Å². The van der Waals surface area contributed by atoms with Crippen LogP contribution in [0.1, 0.15) is 25.7 Å². The molecule has 0 aromatic rings. The van der Waals surface area contributed by atoms with Crippen LogP contribution in [0.25, 0.3) is 0 Å². The third kappa shape index (κ3) is 2.15. The van der Waals surface area contributed by atoms with Gasteiger partial charge in [0.25, 0.3) is 0 Å². The summed E-state index contributed by atoms with van der Waals surface area (Å²) < 4.78 is 61.2. The van der Waals surface area contributed by atoms with Crippen LogP contribution in [0.4, 0.5) is 22.0 Å². The zero-order chi connectivity index (χ0) is 11.0. The molecule has 0 aromatic heterocycles. The summed E-state index contributed by atoms with van der Waals surface area (Å²) in [5.41, 5.74) is 0. The Balaban J connectivity index is 2.77. The molecule has 0 radical (unpaired) electrons. The highest BCUT2D eigenvalue weighted by molar-refractivity contribution is 8.00. The summed E-state index contributed by atoms with van der Waals surface area (Å²) >= 11 is 0.643. The van der Waals surface area contributed by atoms with Gasteiger partial charge in [0.2, 0.25) is 5.92 Å². The largest absolute Gasteiger partial charge is 0.403 e. The zero-order valence-corrected chi connectivity index (χ0v) is 8.44. The SMILES string of the molecule is CSC1(C(F)(F)F)CCC(F)(F)CC1. The molecule has 1 aliphatic carbocycles. The topological polar surface area (TPSA) is 0 Å². The normalized spacial score (nSPS) is 26.1. The van der Waals surface area contributed by atoms with Crippen molar-refractivity contribution in [2.75, 3.05) is 6.26 Å². The van der Waals surface area contributed by atoms with Gasteiger partial charge in [0.05, 0.1) is 0 Å². The van der Waals surface area contributed by atoms with Crippen molar-refractivity contribution in [1.82, 2.24) is 0 Å². The fourth-order valence-electron chi connectivity index (χ4n) is 1.62. The lowest BCUT2D eigenvalue weighted by atomic mass is 9.85. The van der Waals surface area contributed by atoms with Crippen LogP contribution in [0.15, 0.2) is 0 Å². The van der Waals surface area contributed by atoms with Gasteiger partial charge in [0, 0.05) is 12.8 Å². The van der Waals surface area contributed by atoms with Crippen LogP contribution < -0.4 is 0 Å². The minimum absolute atomic E-state index is 0.481. The van der Waals surface area contributed by atoms with Gasteiger partial charge in [0.1, 0.15) is 4.75 Å². The van der Waals surface area contributed by atoms with Crippen LogP contribution >= 0.6 is 11.8 Å². The summed E-state index contributed by atoms with van der Waals surface area (Å²) in [6, 6.07) is 0. The Morgan fingerprint density at radius 2 is 1.43 bits per heavy atom. The summed E-state index contributed by atoms with van der Waals surface area (Å²) in [7, 11) is 0. The van der Waals surface area contributed by atoms with E-state index < -0.39 is 42.5 Å². The van der Waals surface area contributed by atoms with Crippen molar-refractivity contribution < 1.29 is 22.0 Å². The maximum atomic E-state index is 12.7. The minimum Gasteiger partial charge on any atom is -0.207 e. The first kappa shape index (κ1) is 12.1. The summed E-state index contributed by atoms with van der Waals surface area (Å²) in [5, 5.41) is 0. The van der Waals surface area contributed by atoms with E-state index in [0.29, 0.717) is 11.8 Å². The lowest BCUT2D eigenvalue weighted by molar-refractivity contribution is -0.180. The molecule has 6 heteroatoms. The molecule has 1 fully saturated rings. The molecule has 0 saturated heterocycles. The molecule has 14 heavy (non-hydrogen) atoms. The van der Waals surface area contributed by atoms with Crippen molar-refractivity contribution in [2.24, 2.45) is 0 Å². The van der Waals surface area contributed by atoms with Crippen LogP contribution in [0.5, 0.6) is 0 Å². The van der Waals surface area contributed by atoms with Crippen molar-refractivity contribution in [3.63, 3.8) is 0 Å². The molecule has 1 saturated carbocycles. The van der Waals surface area contributed by atoms with E-state index in [1.54, 1.807) is 0 Å². The van der Waals surface area contributed by atoms with Gasteiger partial charge in [-0.3, -0.25) is 0 Å². The van der Waals surface area contributed by atoms with E-state index in [2.05, 4.69) is 0 Å². The first-order chi connectivity index (χ1) is 6.22. The zero-order valence-electron chi connectivity index (χ0n) is 7.63. The van der Waals surface area contributed by atoms with Gasteiger partial charge in [-0.15, -0.1) is 11.8 Å². The Hall–Kier alpha value is -0.0000000000000000555. The van der Waals surface area contributed by atoms with E-state index in [4.69, 9.17) is 0 Å². The molecular weight excluding hydrogens is 223 g/mol. The lowest BCUT2D eigenvalue weighted by Gasteiger charge is -2.39. The molecule has 0 atom stereocenters. The minimum atomic E-state index is -4.39. The molecular formula is C8H11F5S. The second-order valence-electron chi connectivity index (χ2n) is 3.55. The van der Waals surface area contributed by atoms with Crippen LogP contribution in [0.2, 0.25) is 0 Å². The monoisotopic (exact) mass is 234 g/mol. The van der Waals surface area contributed by atoms with E-state index in [0.717, 1.165) is 0 Å². The van der Waals surface area contributed by atoms with Crippen molar-refractivity contribution in [3.8, 4) is 0 Å². The Kier molecular flexibility index (Phi) is 3.05. The molecule has 0 nitrogen and oxygen atoms in total.